The van der Waals surface area contributed by atoms with Gasteiger partial charge in [-0.25, -0.2) is 4.79 Å². The maximum absolute atomic E-state index is 11.3. The van der Waals surface area contributed by atoms with E-state index in [-0.39, 0.29) is 6.54 Å². The second kappa shape index (κ2) is 5.73. The van der Waals surface area contributed by atoms with Gasteiger partial charge in [-0.15, -0.1) is 0 Å². The van der Waals surface area contributed by atoms with E-state index in [2.05, 4.69) is 10.1 Å². The monoisotopic (exact) mass is 253 g/mol. The number of carbonyl (C=O) groups excluding carboxylic acids is 1. The number of hydrogen-bond acceptors (Lipinski definition) is 5. The van der Waals surface area contributed by atoms with Crippen molar-refractivity contribution in [3.8, 4) is 5.75 Å². The van der Waals surface area contributed by atoms with Gasteiger partial charge in [-0.1, -0.05) is 6.07 Å². The van der Waals surface area contributed by atoms with Gasteiger partial charge < -0.3 is 19.9 Å². The van der Waals surface area contributed by atoms with Crippen LogP contribution in [-0.2, 0) is 9.53 Å². The smallest absolute Gasteiger partial charge is 0.339 e. The third kappa shape index (κ3) is 3.37. The molecule has 0 heterocycles. The summed E-state index contributed by atoms with van der Waals surface area (Å²) in [5, 5.41) is 12.9. The molecular weight excluding hydrogens is 234 g/mol. The molecule has 2 N–H and O–H groups in total. The third-order valence-electron chi connectivity index (χ3n) is 2.69. The van der Waals surface area contributed by atoms with Crippen LogP contribution in [0.4, 0.5) is 5.69 Å². The molecule has 5 heteroatoms. The van der Waals surface area contributed by atoms with Gasteiger partial charge in [0.25, 0.3) is 0 Å². The van der Waals surface area contributed by atoms with E-state index >= 15 is 0 Å². The molecule has 5 nitrogen and oxygen atoms in total. The molecule has 1 atom stereocenters. The first-order valence-electron chi connectivity index (χ1n) is 5.60. The molecule has 0 aromatic heterocycles. The molecule has 0 saturated carbocycles. The number of rotatable bonds is 5. The molecule has 0 bridgehead atoms. The maximum atomic E-state index is 11.3. The number of hydrogen-bond donors (Lipinski definition) is 2. The van der Waals surface area contributed by atoms with Crippen LogP contribution >= 0.6 is 0 Å². The normalized spacial score (nSPS) is 13.6. The summed E-state index contributed by atoms with van der Waals surface area (Å²) in [6.45, 7) is 3.39. The highest BCUT2D eigenvalue weighted by molar-refractivity contribution is 5.79. The van der Waals surface area contributed by atoms with E-state index in [0.29, 0.717) is 5.75 Å². The van der Waals surface area contributed by atoms with E-state index < -0.39 is 11.6 Å². The lowest BCUT2D eigenvalue weighted by Gasteiger charge is -2.22. The molecule has 1 unspecified atom stereocenters. The van der Waals surface area contributed by atoms with Crippen molar-refractivity contribution in [1.82, 2.24) is 0 Å². The predicted octanol–water partition coefficient (Wildman–Crippen LogP) is 1.34. The van der Waals surface area contributed by atoms with Crippen molar-refractivity contribution in [2.75, 3.05) is 26.1 Å². The Morgan fingerprint density at radius 1 is 1.44 bits per heavy atom. The van der Waals surface area contributed by atoms with Crippen LogP contribution in [0.3, 0.4) is 0 Å². The molecule has 1 aromatic carbocycles. The largest absolute Gasteiger partial charge is 0.497 e. The summed E-state index contributed by atoms with van der Waals surface area (Å²) in [4.78, 5) is 11.3. The molecule has 0 spiro atoms. The zero-order chi connectivity index (χ0) is 13.8. The Kier molecular flexibility index (Phi) is 4.55. The number of esters is 1. The number of carbonyl (C=O) groups is 1. The first-order valence-corrected chi connectivity index (χ1v) is 5.60. The Balaban J connectivity index is 2.77. The average molecular weight is 253 g/mol. The number of anilines is 1. The van der Waals surface area contributed by atoms with Crippen LogP contribution in [0, 0.1) is 6.92 Å². The summed E-state index contributed by atoms with van der Waals surface area (Å²) < 4.78 is 9.64. The number of benzene rings is 1. The minimum atomic E-state index is -1.57. The fourth-order valence-corrected chi connectivity index (χ4v) is 1.48. The van der Waals surface area contributed by atoms with Crippen molar-refractivity contribution in [3.63, 3.8) is 0 Å². The highest BCUT2D eigenvalue weighted by atomic mass is 16.5. The molecule has 0 aliphatic carbocycles. The van der Waals surface area contributed by atoms with Crippen LogP contribution in [0.25, 0.3) is 0 Å². The molecule has 0 aliphatic heterocycles. The standard InChI is InChI=1S/C13H19NO4/c1-9-5-6-10(17-3)7-11(9)14-8-13(2,16)12(15)18-4/h5-7,14,16H,8H2,1-4H3. The first-order chi connectivity index (χ1) is 8.40. The van der Waals surface area contributed by atoms with Gasteiger partial charge in [-0.2, -0.15) is 0 Å². The molecule has 1 aromatic rings. The Hall–Kier alpha value is -1.75. The minimum absolute atomic E-state index is 0.0632. The lowest BCUT2D eigenvalue weighted by molar-refractivity contribution is -0.158. The summed E-state index contributed by atoms with van der Waals surface area (Å²) in [6, 6.07) is 5.55. The summed E-state index contributed by atoms with van der Waals surface area (Å²) in [6.07, 6.45) is 0. The van der Waals surface area contributed by atoms with Crippen molar-refractivity contribution in [2.45, 2.75) is 19.4 Å². The van der Waals surface area contributed by atoms with E-state index in [1.807, 2.05) is 25.1 Å². The van der Waals surface area contributed by atoms with E-state index in [9.17, 15) is 9.90 Å². The average Bonchev–Trinajstić information content (AvgIpc) is 2.36. The molecule has 1 rings (SSSR count). The van der Waals surface area contributed by atoms with Crippen LogP contribution in [0.15, 0.2) is 18.2 Å². The number of ether oxygens (including phenoxy) is 2. The Labute approximate surface area is 107 Å². The molecular formula is C13H19NO4. The van der Waals surface area contributed by atoms with Gasteiger partial charge in [0, 0.05) is 11.8 Å². The lowest BCUT2D eigenvalue weighted by Crippen LogP contribution is -2.42. The van der Waals surface area contributed by atoms with Crippen LogP contribution in [-0.4, -0.2) is 37.4 Å². The second-order valence-corrected chi connectivity index (χ2v) is 4.30. The van der Waals surface area contributed by atoms with Gasteiger partial charge in [0.2, 0.25) is 0 Å². The lowest BCUT2D eigenvalue weighted by atomic mass is 10.1. The highest BCUT2D eigenvalue weighted by Gasteiger charge is 2.31. The zero-order valence-corrected chi connectivity index (χ0v) is 11.1. The van der Waals surface area contributed by atoms with E-state index in [1.54, 1.807) is 7.11 Å². The van der Waals surface area contributed by atoms with Crippen molar-refractivity contribution >= 4 is 11.7 Å². The Morgan fingerprint density at radius 2 is 2.11 bits per heavy atom. The molecule has 0 aliphatic rings. The maximum Gasteiger partial charge on any atom is 0.339 e. The van der Waals surface area contributed by atoms with E-state index in [0.717, 1.165) is 11.3 Å². The molecule has 0 radical (unpaired) electrons. The second-order valence-electron chi connectivity index (χ2n) is 4.30. The molecule has 0 amide bonds. The third-order valence-corrected chi connectivity index (χ3v) is 2.69. The summed E-state index contributed by atoms with van der Waals surface area (Å²) in [5.41, 5.74) is 0.236. The van der Waals surface area contributed by atoms with E-state index in [4.69, 9.17) is 4.74 Å². The zero-order valence-electron chi connectivity index (χ0n) is 11.1. The van der Waals surface area contributed by atoms with Crippen molar-refractivity contribution in [2.24, 2.45) is 0 Å². The van der Waals surface area contributed by atoms with Crippen LogP contribution < -0.4 is 10.1 Å². The quantitative estimate of drug-likeness (QED) is 0.775. The van der Waals surface area contributed by atoms with Crippen molar-refractivity contribution < 1.29 is 19.4 Å². The number of aryl methyl sites for hydroxylation is 1. The van der Waals surface area contributed by atoms with Gasteiger partial charge in [-0.05, 0) is 25.5 Å². The molecule has 0 fully saturated rings. The van der Waals surface area contributed by atoms with Gasteiger partial charge in [0.15, 0.2) is 5.60 Å². The molecule has 18 heavy (non-hydrogen) atoms. The summed E-state index contributed by atoms with van der Waals surface area (Å²) in [7, 11) is 2.83. The van der Waals surface area contributed by atoms with Crippen molar-refractivity contribution in [3.05, 3.63) is 23.8 Å². The topological polar surface area (TPSA) is 67.8 Å². The van der Waals surface area contributed by atoms with E-state index in [1.165, 1.54) is 14.0 Å². The SMILES string of the molecule is COC(=O)C(C)(O)CNc1cc(OC)ccc1C. The first kappa shape index (κ1) is 14.3. The molecule has 100 valence electrons. The molecule has 0 saturated heterocycles. The predicted molar refractivity (Wildman–Crippen MR) is 68.9 cm³/mol. The van der Waals surface area contributed by atoms with Crippen LogP contribution in [0.2, 0.25) is 0 Å². The number of methoxy groups -OCH3 is 2. The van der Waals surface area contributed by atoms with Gasteiger partial charge in [0.05, 0.1) is 20.8 Å². The number of nitrogens with one attached hydrogen (secondary N) is 1. The fourth-order valence-electron chi connectivity index (χ4n) is 1.48. The van der Waals surface area contributed by atoms with Gasteiger partial charge >= 0.3 is 5.97 Å². The van der Waals surface area contributed by atoms with Crippen LogP contribution in [0.1, 0.15) is 12.5 Å². The van der Waals surface area contributed by atoms with Crippen molar-refractivity contribution in [1.29, 1.82) is 0 Å². The number of aliphatic hydroxyl groups is 1. The Bertz CT molecular complexity index is 429. The Morgan fingerprint density at radius 3 is 2.67 bits per heavy atom. The summed E-state index contributed by atoms with van der Waals surface area (Å²) in [5.74, 6) is 0.0383. The van der Waals surface area contributed by atoms with Gasteiger partial charge in [0.1, 0.15) is 5.75 Å². The highest BCUT2D eigenvalue weighted by Crippen LogP contribution is 2.22. The van der Waals surface area contributed by atoms with Gasteiger partial charge in [-0.3, -0.25) is 0 Å². The minimum Gasteiger partial charge on any atom is -0.497 e. The summed E-state index contributed by atoms with van der Waals surface area (Å²) >= 11 is 0. The fraction of sp³-hybridized carbons (Fsp3) is 0.462. The van der Waals surface area contributed by atoms with Crippen LogP contribution in [0.5, 0.6) is 5.75 Å².